The fourth-order valence-electron chi connectivity index (χ4n) is 6.64. The van der Waals surface area contributed by atoms with Crippen LogP contribution >= 0.6 is 23.4 Å². The molecule has 9 heteroatoms. The number of fused-ring (bicyclic) bond motifs is 1. The number of esters is 1. The average Bonchev–Trinajstić information content (AvgIpc) is 3.50. The van der Waals surface area contributed by atoms with Crippen LogP contribution < -0.4 is 4.90 Å². The first-order valence-corrected chi connectivity index (χ1v) is 14.5. The summed E-state index contributed by atoms with van der Waals surface area (Å²) < 4.78 is 4.64. The summed E-state index contributed by atoms with van der Waals surface area (Å²) in [6.07, 6.45) is 4.58. The van der Waals surface area contributed by atoms with Gasteiger partial charge in [-0.3, -0.25) is 14.4 Å². The van der Waals surface area contributed by atoms with E-state index in [-0.39, 0.29) is 48.7 Å². The first-order valence-electron chi connectivity index (χ1n) is 13.2. The molecule has 2 amide bonds. The van der Waals surface area contributed by atoms with E-state index in [4.69, 9.17) is 16.3 Å². The maximum atomic E-state index is 14.7. The lowest BCUT2D eigenvalue weighted by atomic mass is 9.66. The zero-order valence-electron chi connectivity index (χ0n) is 22.2. The number of halogens is 1. The molecule has 3 unspecified atom stereocenters. The Morgan fingerprint density at radius 1 is 1.32 bits per heavy atom. The Labute approximate surface area is 234 Å². The van der Waals surface area contributed by atoms with Crippen molar-refractivity contribution in [3.63, 3.8) is 0 Å². The number of ether oxygens (including phenoxy) is 1. The minimum Gasteiger partial charge on any atom is -0.461 e. The number of nitrogens with zero attached hydrogens (tertiary/aromatic N) is 2. The number of amides is 2. The summed E-state index contributed by atoms with van der Waals surface area (Å²) in [6.45, 7) is 13.6. The number of anilines is 1. The molecule has 7 nitrogen and oxygen atoms in total. The molecule has 3 aliphatic rings. The van der Waals surface area contributed by atoms with Crippen LogP contribution in [0.25, 0.3) is 0 Å². The Morgan fingerprint density at radius 3 is 2.58 bits per heavy atom. The maximum absolute atomic E-state index is 14.7. The second kappa shape index (κ2) is 11.4. The first-order chi connectivity index (χ1) is 18.2. The summed E-state index contributed by atoms with van der Waals surface area (Å²) >= 11 is 7.71. The van der Waals surface area contributed by atoms with Crippen molar-refractivity contribution in [1.82, 2.24) is 4.90 Å². The van der Waals surface area contributed by atoms with Crippen LogP contribution in [0.4, 0.5) is 5.69 Å². The van der Waals surface area contributed by atoms with E-state index in [9.17, 15) is 19.5 Å². The molecule has 4 rings (SSSR count). The highest BCUT2D eigenvalue weighted by Crippen LogP contribution is 2.69. The van der Waals surface area contributed by atoms with E-state index in [0.717, 1.165) is 6.42 Å². The molecule has 1 aromatic carbocycles. The van der Waals surface area contributed by atoms with Crippen molar-refractivity contribution >= 4 is 46.8 Å². The summed E-state index contributed by atoms with van der Waals surface area (Å²) in [5.41, 5.74) is 0.641. The number of hydrogen-bond acceptors (Lipinski definition) is 6. The maximum Gasteiger partial charge on any atom is 0.311 e. The van der Waals surface area contributed by atoms with Crippen molar-refractivity contribution < 1.29 is 24.2 Å². The standard InChI is InChI=1S/C29H37ClN2O5S/c1-6-13-31(20-11-9-19(30)10-12-20)27(35)25-29-18(5)15-22(38-29)23(28(36)37-14-7-2)24(29)26(34)32(25)21(16-33)17(4)8-3/h6-7,9-12,17-18,21-25,33H,1-2,8,13-16H2,3-5H3/t17-,18?,21-,22-,23+,24-,25?,29?/m0/s1. The second-order valence-electron chi connectivity index (χ2n) is 10.6. The second-order valence-corrected chi connectivity index (χ2v) is 12.6. The molecule has 1 spiro atoms. The molecular weight excluding hydrogens is 524 g/mol. The third-order valence-electron chi connectivity index (χ3n) is 8.59. The van der Waals surface area contributed by atoms with Gasteiger partial charge in [0.1, 0.15) is 12.6 Å². The number of likely N-dealkylation sites (tertiary alicyclic amines) is 1. The quantitative estimate of drug-likeness (QED) is 0.320. The van der Waals surface area contributed by atoms with Gasteiger partial charge in [0.2, 0.25) is 5.91 Å². The fourth-order valence-corrected chi connectivity index (χ4v) is 9.15. The van der Waals surface area contributed by atoms with Gasteiger partial charge in [0, 0.05) is 22.5 Å². The monoisotopic (exact) mass is 560 g/mol. The first kappa shape index (κ1) is 28.7. The van der Waals surface area contributed by atoms with Gasteiger partial charge in [0.25, 0.3) is 5.91 Å². The predicted molar refractivity (Wildman–Crippen MR) is 151 cm³/mol. The molecule has 0 radical (unpaired) electrons. The third kappa shape index (κ3) is 4.48. The summed E-state index contributed by atoms with van der Waals surface area (Å²) in [6, 6.07) is 5.57. The molecule has 0 aliphatic carbocycles. The Bertz CT molecular complexity index is 1100. The van der Waals surface area contributed by atoms with Crippen molar-refractivity contribution in [2.45, 2.75) is 55.7 Å². The van der Waals surface area contributed by atoms with Gasteiger partial charge >= 0.3 is 5.97 Å². The number of hydrogen-bond donors (Lipinski definition) is 1. The predicted octanol–water partition coefficient (Wildman–Crippen LogP) is 4.33. The summed E-state index contributed by atoms with van der Waals surface area (Å²) in [4.78, 5) is 45.5. The number of rotatable bonds is 11. The van der Waals surface area contributed by atoms with E-state index < -0.39 is 34.6 Å². The van der Waals surface area contributed by atoms with Crippen molar-refractivity contribution in [1.29, 1.82) is 0 Å². The molecule has 3 heterocycles. The van der Waals surface area contributed by atoms with Crippen LogP contribution in [0.2, 0.25) is 5.02 Å². The summed E-state index contributed by atoms with van der Waals surface area (Å²) in [7, 11) is 0. The minimum atomic E-state index is -0.857. The summed E-state index contributed by atoms with van der Waals surface area (Å²) in [5, 5.41) is 11.0. The largest absolute Gasteiger partial charge is 0.461 e. The van der Waals surface area contributed by atoms with Crippen LogP contribution in [0.15, 0.2) is 49.6 Å². The molecule has 0 saturated carbocycles. The molecule has 0 aromatic heterocycles. The summed E-state index contributed by atoms with van der Waals surface area (Å²) in [5.74, 6) is -2.33. The number of aliphatic hydroxyl groups excluding tert-OH is 1. The van der Waals surface area contributed by atoms with Gasteiger partial charge in [-0.25, -0.2) is 0 Å². The van der Waals surface area contributed by atoms with Gasteiger partial charge in [0.15, 0.2) is 0 Å². The third-order valence-corrected chi connectivity index (χ3v) is 10.9. The Kier molecular flexibility index (Phi) is 8.65. The van der Waals surface area contributed by atoms with Crippen LogP contribution in [0, 0.1) is 23.7 Å². The number of aliphatic hydroxyl groups is 1. The highest BCUT2D eigenvalue weighted by Gasteiger charge is 2.77. The lowest BCUT2D eigenvalue weighted by molar-refractivity contribution is -0.154. The highest BCUT2D eigenvalue weighted by atomic mass is 35.5. The normalized spacial score (nSPS) is 31.0. The van der Waals surface area contributed by atoms with Crippen molar-refractivity contribution in [3.05, 3.63) is 54.6 Å². The van der Waals surface area contributed by atoms with Crippen LogP contribution in [0.5, 0.6) is 0 Å². The Morgan fingerprint density at radius 2 is 2.00 bits per heavy atom. The zero-order chi connectivity index (χ0) is 27.8. The van der Waals surface area contributed by atoms with Gasteiger partial charge in [-0.2, -0.15) is 0 Å². The van der Waals surface area contributed by atoms with E-state index in [0.29, 0.717) is 17.1 Å². The van der Waals surface area contributed by atoms with E-state index in [1.54, 1.807) is 51.9 Å². The minimum absolute atomic E-state index is 0.000860. The average molecular weight is 561 g/mol. The molecule has 8 atom stereocenters. The molecule has 2 bridgehead atoms. The molecule has 38 heavy (non-hydrogen) atoms. The van der Waals surface area contributed by atoms with Gasteiger partial charge in [-0.15, -0.1) is 18.3 Å². The Balaban J connectivity index is 1.86. The van der Waals surface area contributed by atoms with E-state index in [1.165, 1.54) is 6.08 Å². The van der Waals surface area contributed by atoms with Crippen molar-refractivity contribution in [2.75, 3.05) is 24.7 Å². The highest BCUT2D eigenvalue weighted by molar-refractivity contribution is 8.02. The lowest BCUT2D eigenvalue weighted by Crippen LogP contribution is -2.60. The van der Waals surface area contributed by atoms with Gasteiger partial charge < -0.3 is 19.6 Å². The van der Waals surface area contributed by atoms with E-state index in [2.05, 4.69) is 20.1 Å². The van der Waals surface area contributed by atoms with Gasteiger partial charge in [-0.1, -0.05) is 57.5 Å². The number of thioether (sulfide) groups is 1. The van der Waals surface area contributed by atoms with Crippen molar-refractivity contribution in [2.24, 2.45) is 23.7 Å². The number of benzene rings is 1. The lowest BCUT2D eigenvalue weighted by Gasteiger charge is -2.43. The molecule has 1 N–H and O–H groups in total. The fraction of sp³-hybridized carbons (Fsp3) is 0.552. The van der Waals surface area contributed by atoms with Crippen LogP contribution in [-0.2, 0) is 19.1 Å². The van der Waals surface area contributed by atoms with Crippen LogP contribution in [-0.4, -0.2) is 69.6 Å². The van der Waals surface area contributed by atoms with Gasteiger partial charge in [0.05, 0.1) is 29.2 Å². The van der Waals surface area contributed by atoms with E-state index >= 15 is 0 Å². The smallest absolute Gasteiger partial charge is 0.311 e. The molecule has 3 fully saturated rings. The molecule has 3 saturated heterocycles. The van der Waals surface area contributed by atoms with Crippen LogP contribution in [0.1, 0.15) is 33.6 Å². The number of carbonyl (C=O) groups is 3. The topological polar surface area (TPSA) is 87.2 Å². The number of carbonyl (C=O) groups excluding carboxylic acids is 3. The molecular formula is C29H37ClN2O5S. The van der Waals surface area contributed by atoms with E-state index in [1.807, 2.05) is 13.8 Å². The van der Waals surface area contributed by atoms with Crippen molar-refractivity contribution in [3.8, 4) is 0 Å². The molecule has 3 aliphatic heterocycles. The molecule has 1 aromatic rings. The Hall–Kier alpha value is -2.29. The zero-order valence-corrected chi connectivity index (χ0v) is 23.8. The SMILES string of the molecule is C=CCOC(=O)[C@@H]1[C@@H]2CC(C)C3(S2)C(C(=O)N(CC=C)c2ccc(Cl)cc2)N([C@@H](CO)[C@@H](C)CC)C(=O)[C@H]13. The van der Waals surface area contributed by atoms with Gasteiger partial charge in [-0.05, 0) is 42.5 Å². The van der Waals surface area contributed by atoms with Crippen LogP contribution in [0.3, 0.4) is 0 Å². The molecule has 206 valence electrons.